The van der Waals surface area contributed by atoms with E-state index in [1.807, 2.05) is 27.7 Å². The summed E-state index contributed by atoms with van der Waals surface area (Å²) in [7, 11) is 0. The maximum atomic E-state index is 14.1. The highest BCUT2D eigenvalue weighted by molar-refractivity contribution is 9.09. The molecule has 33 heavy (non-hydrogen) atoms. The van der Waals surface area contributed by atoms with Crippen LogP contribution in [0, 0.1) is 17.8 Å². The smallest absolute Gasteiger partial charge is 0.312 e. The van der Waals surface area contributed by atoms with Gasteiger partial charge in [-0.3, -0.25) is 14.4 Å². The second-order valence-corrected chi connectivity index (χ2v) is 11.2. The molecule has 3 saturated heterocycles. The first kappa shape index (κ1) is 26.2. The van der Waals surface area contributed by atoms with E-state index in [1.54, 1.807) is 17.9 Å². The minimum absolute atomic E-state index is 0.125. The molecular formula is C24H37BrN2O6. The van der Waals surface area contributed by atoms with Crippen molar-refractivity contribution in [3.8, 4) is 0 Å². The van der Waals surface area contributed by atoms with Crippen LogP contribution in [0.3, 0.4) is 0 Å². The lowest BCUT2D eigenvalue weighted by atomic mass is 9.70. The Kier molecular flexibility index (Phi) is 7.96. The molecule has 3 aliphatic rings. The van der Waals surface area contributed by atoms with Crippen LogP contribution in [0.4, 0.5) is 0 Å². The van der Waals surface area contributed by atoms with Crippen LogP contribution >= 0.6 is 15.9 Å². The molecule has 2 amide bonds. The van der Waals surface area contributed by atoms with Crippen LogP contribution in [0.2, 0.25) is 0 Å². The third kappa shape index (κ3) is 4.25. The molecule has 0 radical (unpaired) electrons. The average Bonchev–Trinajstić information content (AvgIpc) is 3.33. The summed E-state index contributed by atoms with van der Waals surface area (Å²) in [5.74, 6) is -2.44. The number of esters is 1. The van der Waals surface area contributed by atoms with E-state index >= 15 is 0 Å². The van der Waals surface area contributed by atoms with Crippen molar-refractivity contribution >= 4 is 33.7 Å². The van der Waals surface area contributed by atoms with E-state index in [1.165, 1.54) is 4.90 Å². The molecule has 1 N–H and O–H groups in total. The quantitative estimate of drug-likeness (QED) is 0.265. The molecule has 8 nitrogen and oxygen atoms in total. The van der Waals surface area contributed by atoms with Gasteiger partial charge < -0.3 is 24.4 Å². The second kappa shape index (κ2) is 10.0. The standard InChI is InChI=1S/C24H37BrN2O6/c1-7-9-26(14(5)6)22(30)20-24-11-16(25)19(33-24)17(23(31)32-8-2)18(24)21(29)27(20)15(12-28)10-13(3)4/h7,13-20,28H,1,8-12H2,2-6H3/t15-,16?,17+,18+,19+,20?,24?/m1/s1. The van der Waals surface area contributed by atoms with E-state index in [0.717, 1.165) is 0 Å². The number of likely N-dealkylation sites (tertiary alicyclic amines) is 1. The van der Waals surface area contributed by atoms with E-state index in [4.69, 9.17) is 9.47 Å². The number of carbonyl (C=O) groups excluding carboxylic acids is 3. The first-order valence-electron chi connectivity index (χ1n) is 11.9. The van der Waals surface area contributed by atoms with Gasteiger partial charge in [-0.15, -0.1) is 6.58 Å². The molecule has 0 aromatic rings. The fourth-order valence-corrected chi connectivity index (χ4v) is 6.86. The third-order valence-corrected chi connectivity index (χ3v) is 7.94. The molecule has 3 fully saturated rings. The first-order chi connectivity index (χ1) is 15.5. The molecule has 3 unspecified atom stereocenters. The predicted octanol–water partition coefficient (Wildman–Crippen LogP) is 2.13. The van der Waals surface area contributed by atoms with Crippen molar-refractivity contribution in [2.45, 2.75) is 82.1 Å². The summed E-state index contributed by atoms with van der Waals surface area (Å²) in [5, 5.41) is 10.3. The number of nitrogens with zero attached hydrogens (tertiary/aromatic N) is 2. The minimum Gasteiger partial charge on any atom is -0.466 e. The number of aliphatic hydroxyl groups excluding tert-OH is 1. The molecule has 3 heterocycles. The SMILES string of the molecule is C=CCN(C(=O)C1N([C@@H](CO)CC(C)C)C(=O)[C@@H]2[C@H](C(=O)OCC)[C@H]3OC12CC3Br)C(C)C. The van der Waals surface area contributed by atoms with Gasteiger partial charge in [-0.2, -0.15) is 0 Å². The normalized spacial score (nSPS) is 33.5. The van der Waals surface area contributed by atoms with Crippen LogP contribution in [0.5, 0.6) is 0 Å². The summed E-state index contributed by atoms with van der Waals surface area (Å²) >= 11 is 3.64. The zero-order chi connectivity index (χ0) is 24.7. The fourth-order valence-electron chi connectivity index (χ4n) is 5.92. The molecule has 0 saturated carbocycles. The Morgan fingerprint density at radius 2 is 2.06 bits per heavy atom. The number of hydrogen-bond donors (Lipinski definition) is 1. The third-order valence-electron chi connectivity index (χ3n) is 7.10. The molecule has 186 valence electrons. The van der Waals surface area contributed by atoms with Crippen LogP contribution in [-0.4, -0.2) is 87.1 Å². The van der Waals surface area contributed by atoms with Crippen molar-refractivity contribution < 1.29 is 29.0 Å². The fraction of sp³-hybridized carbons (Fsp3) is 0.792. The van der Waals surface area contributed by atoms with Gasteiger partial charge in [0, 0.05) is 17.4 Å². The summed E-state index contributed by atoms with van der Waals surface area (Å²) < 4.78 is 11.8. The summed E-state index contributed by atoms with van der Waals surface area (Å²) in [6.07, 6.45) is 2.08. The number of carbonyl (C=O) groups is 3. The maximum absolute atomic E-state index is 14.1. The summed E-state index contributed by atoms with van der Waals surface area (Å²) in [6, 6.07) is -1.61. The van der Waals surface area contributed by atoms with Gasteiger partial charge in [-0.25, -0.2) is 0 Å². The van der Waals surface area contributed by atoms with Gasteiger partial charge in [0.15, 0.2) is 0 Å². The molecular weight excluding hydrogens is 492 g/mol. The molecule has 3 aliphatic heterocycles. The first-order valence-corrected chi connectivity index (χ1v) is 12.8. The maximum Gasteiger partial charge on any atom is 0.312 e. The molecule has 7 atom stereocenters. The van der Waals surface area contributed by atoms with Gasteiger partial charge in [-0.1, -0.05) is 35.9 Å². The number of alkyl halides is 1. The molecule has 3 rings (SSSR count). The minimum atomic E-state index is -1.15. The van der Waals surface area contributed by atoms with E-state index in [0.29, 0.717) is 19.4 Å². The zero-order valence-electron chi connectivity index (χ0n) is 20.2. The van der Waals surface area contributed by atoms with Gasteiger partial charge in [-0.05, 0) is 39.5 Å². The lowest BCUT2D eigenvalue weighted by Crippen LogP contribution is -2.60. The Labute approximate surface area is 204 Å². The number of hydrogen-bond acceptors (Lipinski definition) is 6. The van der Waals surface area contributed by atoms with Crippen molar-refractivity contribution in [1.29, 1.82) is 0 Å². The molecule has 0 aliphatic carbocycles. The summed E-state index contributed by atoms with van der Waals surface area (Å²) in [5.41, 5.74) is -1.15. The van der Waals surface area contributed by atoms with Crippen molar-refractivity contribution in [2.75, 3.05) is 19.8 Å². The zero-order valence-corrected chi connectivity index (χ0v) is 21.8. The van der Waals surface area contributed by atoms with E-state index < -0.39 is 41.6 Å². The van der Waals surface area contributed by atoms with Crippen molar-refractivity contribution in [3.05, 3.63) is 12.7 Å². The van der Waals surface area contributed by atoms with E-state index in [9.17, 15) is 19.5 Å². The second-order valence-electron chi connectivity index (χ2n) is 10.0. The number of fused-ring (bicyclic) bond motifs is 1. The van der Waals surface area contributed by atoms with Gasteiger partial charge in [0.05, 0.1) is 37.2 Å². The Morgan fingerprint density at radius 1 is 1.39 bits per heavy atom. The molecule has 0 aromatic heterocycles. The van der Waals surface area contributed by atoms with Crippen LogP contribution in [0.25, 0.3) is 0 Å². The molecule has 0 aromatic carbocycles. The summed E-state index contributed by atoms with van der Waals surface area (Å²) in [4.78, 5) is 44.0. The highest BCUT2D eigenvalue weighted by atomic mass is 79.9. The number of rotatable bonds is 10. The average molecular weight is 529 g/mol. The van der Waals surface area contributed by atoms with E-state index in [2.05, 4.69) is 22.5 Å². The van der Waals surface area contributed by atoms with Crippen LogP contribution < -0.4 is 0 Å². The van der Waals surface area contributed by atoms with Gasteiger partial charge >= 0.3 is 5.97 Å². The van der Waals surface area contributed by atoms with E-state index in [-0.39, 0.29) is 41.8 Å². The topological polar surface area (TPSA) is 96.4 Å². The number of aliphatic hydroxyl groups is 1. The van der Waals surface area contributed by atoms with Crippen LogP contribution in [-0.2, 0) is 23.9 Å². The van der Waals surface area contributed by atoms with Crippen molar-refractivity contribution in [2.24, 2.45) is 17.8 Å². The van der Waals surface area contributed by atoms with Gasteiger partial charge in [0.25, 0.3) is 0 Å². The molecule has 9 heteroatoms. The van der Waals surface area contributed by atoms with Crippen LogP contribution in [0.15, 0.2) is 12.7 Å². The van der Waals surface area contributed by atoms with Gasteiger partial charge in [0.1, 0.15) is 11.6 Å². The highest BCUT2D eigenvalue weighted by Gasteiger charge is 2.77. The predicted molar refractivity (Wildman–Crippen MR) is 127 cm³/mol. The van der Waals surface area contributed by atoms with Crippen molar-refractivity contribution in [1.82, 2.24) is 9.80 Å². The van der Waals surface area contributed by atoms with Crippen molar-refractivity contribution in [3.63, 3.8) is 0 Å². The Hall–Kier alpha value is -1.45. The largest absolute Gasteiger partial charge is 0.466 e. The monoisotopic (exact) mass is 528 g/mol. The lowest BCUT2D eigenvalue weighted by molar-refractivity contribution is -0.156. The molecule has 1 spiro atoms. The molecule has 2 bridgehead atoms. The highest BCUT2D eigenvalue weighted by Crippen LogP contribution is 2.60. The number of ether oxygens (including phenoxy) is 2. The summed E-state index contributed by atoms with van der Waals surface area (Å²) in [6.45, 7) is 13.6. The Bertz CT molecular complexity index is 789. The Balaban J connectivity index is 2.14. The van der Waals surface area contributed by atoms with Gasteiger partial charge in [0.2, 0.25) is 11.8 Å². The Morgan fingerprint density at radius 3 is 2.58 bits per heavy atom. The number of amides is 2. The van der Waals surface area contributed by atoms with Crippen LogP contribution in [0.1, 0.15) is 47.5 Å². The lowest BCUT2D eigenvalue weighted by Gasteiger charge is -2.40. The number of halogens is 1.